The van der Waals surface area contributed by atoms with Crippen molar-refractivity contribution in [2.45, 2.75) is 50.9 Å². The van der Waals surface area contributed by atoms with E-state index >= 15 is 0 Å². The molecule has 1 heterocycles. The Balaban J connectivity index is 2.53. The number of hydrogen-bond donors (Lipinski definition) is 2. The zero-order valence-electron chi connectivity index (χ0n) is 9.96. The highest BCUT2D eigenvalue weighted by Crippen LogP contribution is 2.27. The van der Waals surface area contributed by atoms with Crippen LogP contribution in [0.15, 0.2) is 12.7 Å². The van der Waals surface area contributed by atoms with Crippen molar-refractivity contribution in [3.8, 4) is 0 Å². The van der Waals surface area contributed by atoms with E-state index in [4.69, 9.17) is 10.5 Å². The number of ether oxygens (including phenoxy) is 1. The Labute approximate surface area is 93.1 Å². The van der Waals surface area contributed by atoms with E-state index in [0.717, 1.165) is 25.8 Å². The van der Waals surface area contributed by atoms with Crippen LogP contribution in [0.3, 0.4) is 0 Å². The molecule has 3 nitrogen and oxygen atoms in total. The number of nitrogens with two attached hydrogens (primary N) is 1. The Hall–Kier alpha value is -0.380. The summed E-state index contributed by atoms with van der Waals surface area (Å²) in [5, 5.41) is 3.57. The third kappa shape index (κ3) is 3.59. The molecular weight excluding hydrogens is 188 g/mol. The monoisotopic (exact) mass is 212 g/mol. The van der Waals surface area contributed by atoms with Gasteiger partial charge in [0.1, 0.15) is 0 Å². The Bertz CT molecular complexity index is 196. The molecule has 1 aliphatic rings. The third-order valence-corrected chi connectivity index (χ3v) is 3.06. The highest BCUT2D eigenvalue weighted by Gasteiger charge is 2.36. The Morgan fingerprint density at radius 2 is 2.07 bits per heavy atom. The largest absolute Gasteiger partial charge is 0.375 e. The maximum Gasteiger partial charge on any atom is 0.0568 e. The molecule has 1 saturated heterocycles. The predicted molar refractivity (Wildman–Crippen MR) is 63.8 cm³/mol. The molecule has 0 aromatic rings. The summed E-state index contributed by atoms with van der Waals surface area (Å²) in [6.07, 6.45) is 5.53. The van der Waals surface area contributed by atoms with Gasteiger partial charge >= 0.3 is 0 Å². The molecule has 1 rings (SSSR count). The molecule has 3 heteroatoms. The van der Waals surface area contributed by atoms with E-state index in [0.29, 0.717) is 18.8 Å². The van der Waals surface area contributed by atoms with Crippen molar-refractivity contribution >= 4 is 0 Å². The minimum absolute atomic E-state index is 0.0695. The van der Waals surface area contributed by atoms with Crippen LogP contribution >= 0.6 is 0 Å². The number of nitrogens with one attached hydrogen (secondary N) is 1. The minimum atomic E-state index is 0.0695. The molecule has 2 unspecified atom stereocenters. The zero-order chi connectivity index (χ0) is 11.3. The first-order chi connectivity index (χ1) is 7.12. The van der Waals surface area contributed by atoms with Crippen LogP contribution in [0.1, 0.15) is 33.1 Å². The van der Waals surface area contributed by atoms with Gasteiger partial charge in [-0.1, -0.05) is 6.08 Å². The first-order valence-corrected chi connectivity index (χ1v) is 5.83. The van der Waals surface area contributed by atoms with Crippen LogP contribution in [0, 0.1) is 0 Å². The van der Waals surface area contributed by atoms with Crippen LogP contribution in [0.4, 0.5) is 0 Å². The molecule has 0 aliphatic carbocycles. The van der Waals surface area contributed by atoms with Crippen molar-refractivity contribution in [1.29, 1.82) is 0 Å². The van der Waals surface area contributed by atoms with Crippen LogP contribution in [-0.4, -0.2) is 30.8 Å². The quantitative estimate of drug-likeness (QED) is 0.535. The number of hydrogen-bond acceptors (Lipinski definition) is 3. The second kappa shape index (κ2) is 5.64. The van der Waals surface area contributed by atoms with Gasteiger partial charge in [0.15, 0.2) is 0 Å². The van der Waals surface area contributed by atoms with Crippen molar-refractivity contribution in [3.05, 3.63) is 12.7 Å². The summed E-state index contributed by atoms with van der Waals surface area (Å²) in [6.45, 7) is 9.61. The summed E-state index contributed by atoms with van der Waals surface area (Å²) in [6, 6.07) is 0. The lowest BCUT2D eigenvalue weighted by molar-refractivity contribution is -0.0668. The summed E-state index contributed by atoms with van der Waals surface area (Å²) in [5.41, 5.74) is 5.97. The molecular formula is C12H24N2O. The van der Waals surface area contributed by atoms with E-state index in [2.05, 4.69) is 25.7 Å². The molecule has 0 saturated carbocycles. The van der Waals surface area contributed by atoms with Gasteiger partial charge in [-0.05, 0) is 39.7 Å². The zero-order valence-corrected chi connectivity index (χ0v) is 9.96. The standard InChI is InChI=1S/C12H24N2O/c1-4-5-6-14-12(9-13)7-10(2)15-11(3)8-12/h4,10-11,14H,1,5-9,13H2,2-3H3. The van der Waals surface area contributed by atoms with E-state index in [1.54, 1.807) is 0 Å². The SMILES string of the molecule is C=CCCNC1(CN)CC(C)OC(C)C1. The van der Waals surface area contributed by atoms with Crippen molar-refractivity contribution in [2.75, 3.05) is 13.1 Å². The van der Waals surface area contributed by atoms with Gasteiger partial charge < -0.3 is 15.8 Å². The van der Waals surface area contributed by atoms with Gasteiger partial charge in [0.05, 0.1) is 12.2 Å². The van der Waals surface area contributed by atoms with Crippen LogP contribution in [-0.2, 0) is 4.74 Å². The highest BCUT2D eigenvalue weighted by molar-refractivity contribution is 4.96. The van der Waals surface area contributed by atoms with E-state index in [9.17, 15) is 0 Å². The van der Waals surface area contributed by atoms with Crippen LogP contribution < -0.4 is 11.1 Å². The summed E-state index contributed by atoms with van der Waals surface area (Å²) in [7, 11) is 0. The lowest BCUT2D eigenvalue weighted by Crippen LogP contribution is -2.58. The van der Waals surface area contributed by atoms with E-state index in [1.165, 1.54) is 0 Å². The van der Waals surface area contributed by atoms with Crippen LogP contribution in [0.5, 0.6) is 0 Å². The highest BCUT2D eigenvalue weighted by atomic mass is 16.5. The molecule has 0 spiro atoms. The third-order valence-electron chi connectivity index (χ3n) is 3.06. The van der Waals surface area contributed by atoms with Gasteiger partial charge in [-0.3, -0.25) is 0 Å². The molecule has 0 bridgehead atoms. The van der Waals surface area contributed by atoms with Crippen molar-refractivity contribution in [1.82, 2.24) is 5.32 Å². The van der Waals surface area contributed by atoms with Crippen molar-refractivity contribution in [3.63, 3.8) is 0 Å². The maximum atomic E-state index is 5.90. The fourth-order valence-electron chi connectivity index (χ4n) is 2.50. The summed E-state index contributed by atoms with van der Waals surface area (Å²) in [5.74, 6) is 0. The van der Waals surface area contributed by atoms with Gasteiger partial charge in [0.25, 0.3) is 0 Å². The van der Waals surface area contributed by atoms with Crippen molar-refractivity contribution < 1.29 is 4.74 Å². The summed E-state index contributed by atoms with van der Waals surface area (Å²) in [4.78, 5) is 0. The van der Waals surface area contributed by atoms with Gasteiger partial charge in [-0.25, -0.2) is 0 Å². The first kappa shape index (κ1) is 12.7. The van der Waals surface area contributed by atoms with Gasteiger partial charge in [0.2, 0.25) is 0 Å². The Morgan fingerprint density at radius 1 is 1.47 bits per heavy atom. The van der Waals surface area contributed by atoms with Crippen molar-refractivity contribution in [2.24, 2.45) is 5.73 Å². The Morgan fingerprint density at radius 3 is 2.53 bits per heavy atom. The lowest BCUT2D eigenvalue weighted by atomic mass is 9.84. The van der Waals surface area contributed by atoms with Gasteiger partial charge in [-0.2, -0.15) is 0 Å². The fraction of sp³-hybridized carbons (Fsp3) is 0.833. The van der Waals surface area contributed by atoms with E-state index in [1.807, 2.05) is 6.08 Å². The summed E-state index contributed by atoms with van der Waals surface area (Å²) < 4.78 is 5.73. The average Bonchev–Trinajstić information content (AvgIpc) is 2.17. The number of rotatable bonds is 5. The Kier molecular flexibility index (Phi) is 4.77. The lowest BCUT2D eigenvalue weighted by Gasteiger charge is -2.43. The first-order valence-electron chi connectivity index (χ1n) is 5.83. The molecule has 15 heavy (non-hydrogen) atoms. The molecule has 0 aromatic heterocycles. The van der Waals surface area contributed by atoms with Gasteiger partial charge in [-0.15, -0.1) is 6.58 Å². The van der Waals surface area contributed by atoms with Crippen LogP contribution in [0.2, 0.25) is 0 Å². The second-order valence-electron chi connectivity index (χ2n) is 4.65. The normalized spacial score (nSPS) is 36.5. The maximum absolute atomic E-state index is 5.90. The minimum Gasteiger partial charge on any atom is -0.375 e. The van der Waals surface area contributed by atoms with E-state index < -0.39 is 0 Å². The van der Waals surface area contributed by atoms with Gasteiger partial charge in [0, 0.05) is 12.1 Å². The molecule has 0 radical (unpaired) electrons. The topological polar surface area (TPSA) is 47.3 Å². The molecule has 0 aromatic carbocycles. The smallest absolute Gasteiger partial charge is 0.0568 e. The molecule has 2 atom stereocenters. The molecule has 1 fully saturated rings. The molecule has 1 aliphatic heterocycles. The fourth-order valence-corrected chi connectivity index (χ4v) is 2.50. The molecule has 3 N–H and O–H groups in total. The molecule has 0 amide bonds. The predicted octanol–water partition coefficient (Wildman–Crippen LogP) is 1.44. The average molecular weight is 212 g/mol. The van der Waals surface area contributed by atoms with E-state index in [-0.39, 0.29) is 5.54 Å². The molecule has 88 valence electrons. The summed E-state index contributed by atoms with van der Waals surface area (Å²) >= 11 is 0. The second-order valence-corrected chi connectivity index (χ2v) is 4.65. The van der Waals surface area contributed by atoms with Crippen LogP contribution in [0.25, 0.3) is 0 Å².